The zero-order valence-electron chi connectivity index (χ0n) is 10.5. The van der Waals surface area contributed by atoms with Gasteiger partial charge in [0, 0.05) is 28.7 Å². The number of Topliss-reactive ketones (excluding diaryl/α,β-unsaturated/α-hetero) is 1. The molecular formula is C13H20O2S2. The summed E-state index contributed by atoms with van der Waals surface area (Å²) in [6.07, 6.45) is 2.26. The molecule has 17 heavy (non-hydrogen) atoms. The summed E-state index contributed by atoms with van der Waals surface area (Å²) >= 11 is 1.48. The minimum absolute atomic E-state index is 0.181. The summed E-state index contributed by atoms with van der Waals surface area (Å²) in [6, 6.07) is 3.74. The summed E-state index contributed by atoms with van der Waals surface area (Å²) < 4.78 is 11.6. The van der Waals surface area contributed by atoms with Crippen molar-refractivity contribution in [2.75, 3.05) is 11.5 Å². The van der Waals surface area contributed by atoms with Crippen LogP contribution in [0.4, 0.5) is 0 Å². The van der Waals surface area contributed by atoms with E-state index >= 15 is 0 Å². The molecule has 0 aromatic carbocycles. The van der Waals surface area contributed by atoms with E-state index in [0.29, 0.717) is 18.1 Å². The maximum absolute atomic E-state index is 11.7. The van der Waals surface area contributed by atoms with Gasteiger partial charge in [-0.2, -0.15) is 0 Å². The molecule has 0 bridgehead atoms. The standard InChI is InChI=1S/C13H20O2S2/c1-11(2)7-10-17(15)9-4-5-12(14)13-6-3-8-16-13/h3,6,8,11H,4-5,7,9-10H2,1-2H3. The first-order valence-corrected chi connectivity index (χ1v) is 8.38. The van der Waals surface area contributed by atoms with E-state index in [4.69, 9.17) is 0 Å². The van der Waals surface area contributed by atoms with Crippen LogP contribution in [0.15, 0.2) is 17.5 Å². The molecule has 0 saturated carbocycles. The van der Waals surface area contributed by atoms with Gasteiger partial charge in [0.1, 0.15) is 0 Å². The lowest BCUT2D eigenvalue weighted by Crippen LogP contribution is -2.07. The van der Waals surface area contributed by atoms with Crippen LogP contribution in [0.1, 0.15) is 42.8 Å². The van der Waals surface area contributed by atoms with Crippen LogP contribution < -0.4 is 0 Å². The Hall–Kier alpha value is -0.480. The Labute approximate surface area is 110 Å². The Bertz CT molecular complexity index is 356. The fourth-order valence-corrected chi connectivity index (χ4v) is 3.52. The fourth-order valence-electron chi connectivity index (χ4n) is 1.42. The summed E-state index contributed by atoms with van der Waals surface area (Å²) in [5, 5.41) is 1.91. The van der Waals surface area contributed by atoms with E-state index in [1.54, 1.807) is 0 Å². The van der Waals surface area contributed by atoms with Gasteiger partial charge < -0.3 is 0 Å². The predicted octanol–water partition coefficient (Wildman–Crippen LogP) is 3.51. The van der Waals surface area contributed by atoms with Crippen molar-refractivity contribution in [3.05, 3.63) is 22.4 Å². The first kappa shape index (κ1) is 14.6. The summed E-state index contributed by atoms with van der Waals surface area (Å²) in [5.41, 5.74) is 0. The third-order valence-corrected chi connectivity index (χ3v) is 4.84. The Kier molecular flexibility index (Phi) is 6.66. The van der Waals surface area contributed by atoms with E-state index in [1.807, 2.05) is 17.5 Å². The molecule has 0 aliphatic carbocycles. The molecule has 0 aliphatic rings. The van der Waals surface area contributed by atoms with Gasteiger partial charge in [0.2, 0.25) is 0 Å². The normalized spacial score (nSPS) is 12.9. The van der Waals surface area contributed by atoms with Gasteiger partial charge in [-0.1, -0.05) is 19.9 Å². The number of hydrogen-bond acceptors (Lipinski definition) is 3. The van der Waals surface area contributed by atoms with Crippen molar-refractivity contribution >= 4 is 27.9 Å². The minimum Gasteiger partial charge on any atom is -0.293 e. The van der Waals surface area contributed by atoms with E-state index in [-0.39, 0.29) is 5.78 Å². The highest BCUT2D eigenvalue weighted by Crippen LogP contribution is 2.12. The van der Waals surface area contributed by atoms with Crippen molar-refractivity contribution < 1.29 is 9.00 Å². The number of carbonyl (C=O) groups is 1. The lowest BCUT2D eigenvalue weighted by molar-refractivity contribution is 0.0986. The summed E-state index contributed by atoms with van der Waals surface area (Å²) in [7, 11) is -0.753. The second kappa shape index (κ2) is 7.77. The van der Waals surface area contributed by atoms with Gasteiger partial charge in [0.05, 0.1) is 4.88 Å². The van der Waals surface area contributed by atoms with Gasteiger partial charge in [-0.3, -0.25) is 9.00 Å². The molecule has 1 heterocycles. The van der Waals surface area contributed by atoms with Gasteiger partial charge >= 0.3 is 0 Å². The van der Waals surface area contributed by atoms with Crippen LogP contribution in [-0.4, -0.2) is 21.5 Å². The molecule has 1 unspecified atom stereocenters. The largest absolute Gasteiger partial charge is 0.293 e. The Balaban J connectivity index is 2.15. The molecular weight excluding hydrogens is 252 g/mol. The number of hydrogen-bond donors (Lipinski definition) is 0. The quantitative estimate of drug-likeness (QED) is 0.679. The van der Waals surface area contributed by atoms with E-state index in [2.05, 4.69) is 13.8 Å². The maximum atomic E-state index is 11.7. The average Bonchev–Trinajstić information content (AvgIpc) is 2.79. The van der Waals surface area contributed by atoms with Crippen molar-refractivity contribution in [3.8, 4) is 0 Å². The Morgan fingerprint density at radius 3 is 2.76 bits per heavy atom. The number of ketones is 1. The zero-order chi connectivity index (χ0) is 12.7. The molecule has 1 aromatic heterocycles. The van der Waals surface area contributed by atoms with Crippen molar-refractivity contribution in [2.45, 2.75) is 33.1 Å². The Morgan fingerprint density at radius 2 is 2.18 bits per heavy atom. The lowest BCUT2D eigenvalue weighted by atomic mass is 10.2. The van der Waals surface area contributed by atoms with Crippen molar-refractivity contribution in [1.29, 1.82) is 0 Å². The average molecular weight is 272 g/mol. The molecule has 1 rings (SSSR count). The van der Waals surface area contributed by atoms with Crippen LogP contribution in [0.3, 0.4) is 0 Å². The van der Waals surface area contributed by atoms with Gasteiger partial charge in [-0.05, 0) is 30.2 Å². The molecule has 0 radical (unpaired) electrons. The molecule has 2 nitrogen and oxygen atoms in total. The number of rotatable bonds is 8. The van der Waals surface area contributed by atoms with Crippen LogP contribution in [0.25, 0.3) is 0 Å². The smallest absolute Gasteiger partial charge is 0.172 e. The third-order valence-electron chi connectivity index (χ3n) is 2.49. The minimum atomic E-state index is -0.753. The van der Waals surface area contributed by atoms with Crippen LogP contribution in [-0.2, 0) is 10.8 Å². The molecule has 0 saturated heterocycles. The molecule has 1 atom stereocenters. The van der Waals surface area contributed by atoms with Gasteiger partial charge in [0.25, 0.3) is 0 Å². The second-order valence-electron chi connectivity index (χ2n) is 4.53. The second-order valence-corrected chi connectivity index (χ2v) is 7.18. The summed E-state index contributed by atoms with van der Waals surface area (Å²) in [4.78, 5) is 12.5. The van der Waals surface area contributed by atoms with Crippen LogP contribution in [0.2, 0.25) is 0 Å². The highest BCUT2D eigenvalue weighted by molar-refractivity contribution is 7.84. The molecule has 1 aromatic rings. The first-order chi connectivity index (χ1) is 8.09. The number of thiophene rings is 1. The van der Waals surface area contributed by atoms with Crippen molar-refractivity contribution in [1.82, 2.24) is 0 Å². The number of carbonyl (C=O) groups excluding carboxylic acids is 1. The highest BCUT2D eigenvalue weighted by Gasteiger charge is 2.08. The topological polar surface area (TPSA) is 34.1 Å². The maximum Gasteiger partial charge on any atom is 0.172 e. The highest BCUT2D eigenvalue weighted by atomic mass is 32.2. The summed E-state index contributed by atoms with van der Waals surface area (Å²) in [5.74, 6) is 2.21. The molecule has 0 aliphatic heterocycles. The first-order valence-electron chi connectivity index (χ1n) is 6.01. The van der Waals surface area contributed by atoms with Crippen molar-refractivity contribution in [3.63, 3.8) is 0 Å². The van der Waals surface area contributed by atoms with Crippen LogP contribution in [0.5, 0.6) is 0 Å². The van der Waals surface area contributed by atoms with Crippen molar-refractivity contribution in [2.24, 2.45) is 5.92 Å². The third kappa shape index (κ3) is 6.13. The van der Waals surface area contributed by atoms with Gasteiger partial charge in [0.15, 0.2) is 5.78 Å². The molecule has 0 spiro atoms. The van der Waals surface area contributed by atoms with Crippen LogP contribution in [0, 0.1) is 5.92 Å². The SMILES string of the molecule is CC(C)CCS(=O)CCCC(=O)c1cccs1. The van der Waals surface area contributed by atoms with Gasteiger partial charge in [-0.15, -0.1) is 11.3 Å². The molecule has 0 amide bonds. The molecule has 0 N–H and O–H groups in total. The Morgan fingerprint density at radius 1 is 1.41 bits per heavy atom. The zero-order valence-corrected chi connectivity index (χ0v) is 12.1. The van der Waals surface area contributed by atoms with E-state index < -0.39 is 10.8 Å². The molecule has 0 fully saturated rings. The van der Waals surface area contributed by atoms with Gasteiger partial charge in [-0.25, -0.2) is 0 Å². The molecule has 4 heteroatoms. The molecule has 96 valence electrons. The monoisotopic (exact) mass is 272 g/mol. The summed E-state index contributed by atoms with van der Waals surface area (Å²) in [6.45, 7) is 4.27. The van der Waals surface area contributed by atoms with Crippen LogP contribution >= 0.6 is 11.3 Å². The van der Waals surface area contributed by atoms with E-state index in [1.165, 1.54) is 11.3 Å². The fraction of sp³-hybridized carbons (Fsp3) is 0.615. The predicted molar refractivity (Wildman–Crippen MR) is 75.2 cm³/mol. The van der Waals surface area contributed by atoms with E-state index in [9.17, 15) is 9.00 Å². The lowest BCUT2D eigenvalue weighted by Gasteiger charge is -2.04. The van der Waals surface area contributed by atoms with E-state index in [0.717, 1.165) is 23.5 Å².